The summed E-state index contributed by atoms with van der Waals surface area (Å²) >= 11 is 14.3. The third-order valence-electron chi connectivity index (χ3n) is 4.12. The van der Waals surface area contributed by atoms with E-state index in [1.165, 1.54) is 11.8 Å². The van der Waals surface area contributed by atoms with Crippen molar-refractivity contribution in [2.75, 3.05) is 5.75 Å². The van der Waals surface area contributed by atoms with Gasteiger partial charge in [-0.05, 0) is 79.9 Å². The molecule has 0 aromatic heterocycles. The number of carbonyl (C=O) groups excluding carboxylic acids is 1. The van der Waals surface area contributed by atoms with Crippen LogP contribution in [0.3, 0.4) is 0 Å². The first-order valence-electron chi connectivity index (χ1n) is 9.26. The van der Waals surface area contributed by atoms with Gasteiger partial charge in [-0.2, -0.15) is 10.4 Å². The summed E-state index contributed by atoms with van der Waals surface area (Å²) in [4.78, 5) is 13.0. The van der Waals surface area contributed by atoms with Crippen molar-refractivity contribution in [1.82, 2.24) is 5.43 Å². The number of nitrogens with one attached hydrogen (secondary N) is 1. The quantitative estimate of drug-likeness (QED) is 0.182. The van der Waals surface area contributed by atoms with Crippen molar-refractivity contribution in [3.05, 3.63) is 91.3 Å². The number of nitrogens with zero attached hydrogens (tertiary/aromatic N) is 2. The second-order valence-corrected chi connectivity index (χ2v) is 9.60. The molecule has 1 N–H and O–H groups in total. The van der Waals surface area contributed by atoms with Crippen LogP contribution in [0.5, 0.6) is 5.75 Å². The van der Waals surface area contributed by atoms with Crippen molar-refractivity contribution < 1.29 is 9.53 Å². The van der Waals surface area contributed by atoms with Crippen molar-refractivity contribution in [3.8, 4) is 11.8 Å². The molecule has 162 valence electrons. The molecule has 9 heteroatoms. The maximum atomic E-state index is 12.0. The van der Waals surface area contributed by atoms with Gasteiger partial charge in [0.1, 0.15) is 12.4 Å². The predicted molar refractivity (Wildman–Crippen MR) is 135 cm³/mol. The van der Waals surface area contributed by atoms with E-state index in [0.717, 1.165) is 16.0 Å². The van der Waals surface area contributed by atoms with E-state index in [2.05, 4.69) is 48.5 Å². The zero-order valence-electron chi connectivity index (χ0n) is 16.5. The Labute approximate surface area is 212 Å². The lowest BCUT2D eigenvalue weighted by Gasteiger charge is -2.12. The number of hydrogen-bond donors (Lipinski definition) is 1. The molecule has 1 amide bonds. The standard InChI is InChI=1S/C23H16Br2ClN3O2S/c24-20-9-15(12-28-29-22(30)14-32-19-7-5-18(26)6-8-19)10-21(25)23(20)31-13-17-4-2-1-3-16(17)11-27/h1-10,12H,13-14H2,(H,29,30)/b28-12-. The molecule has 0 bridgehead atoms. The Hall–Kier alpha value is -2.31. The average molecular weight is 594 g/mol. The fourth-order valence-corrected chi connectivity index (χ4v) is 4.86. The number of rotatable bonds is 8. The number of carbonyl (C=O) groups is 1. The Morgan fingerprint density at radius 1 is 1.16 bits per heavy atom. The Balaban J connectivity index is 1.55. The summed E-state index contributed by atoms with van der Waals surface area (Å²) in [6, 6.07) is 20.4. The number of halogens is 3. The largest absolute Gasteiger partial charge is 0.486 e. The van der Waals surface area contributed by atoms with Crippen LogP contribution in [0.25, 0.3) is 0 Å². The Kier molecular flexibility index (Phi) is 9.18. The van der Waals surface area contributed by atoms with Gasteiger partial charge in [0.2, 0.25) is 5.91 Å². The summed E-state index contributed by atoms with van der Waals surface area (Å²) in [6.45, 7) is 0.260. The van der Waals surface area contributed by atoms with Gasteiger partial charge in [0.25, 0.3) is 0 Å². The smallest absolute Gasteiger partial charge is 0.250 e. The molecule has 0 unspecified atom stereocenters. The summed E-state index contributed by atoms with van der Waals surface area (Å²) < 4.78 is 7.34. The minimum atomic E-state index is -0.213. The summed E-state index contributed by atoms with van der Waals surface area (Å²) in [5, 5.41) is 13.9. The fraction of sp³-hybridized carbons (Fsp3) is 0.0870. The number of amides is 1. The number of hydrazone groups is 1. The van der Waals surface area contributed by atoms with Gasteiger partial charge in [-0.1, -0.05) is 29.8 Å². The minimum absolute atomic E-state index is 0.213. The predicted octanol–water partition coefficient (Wildman–Crippen LogP) is 6.56. The lowest BCUT2D eigenvalue weighted by atomic mass is 10.1. The molecule has 3 aromatic rings. The van der Waals surface area contributed by atoms with Crippen LogP contribution in [-0.4, -0.2) is 17.9 Å². The van der Waals surface area contributed by atoms with Gasteiger partial charge >= 0.3 is 0 Å². The molecule has 0 spiro atoms. The molecule has 0 saturated heterocycles. The van der Waals surface area contributed by atoms with Crippen molar-refractivity contribution in [3.63, 3.8) is 0 Å². The van der Waals surface area contributed by atoms with E-state index in [0.29, 0.717) is 25.3 Å². The van der Waals surface area contributed by atoms with Crippen LogP contribution >= 0.6 is 55.2 Å². The molecule has 0 aliphatic rings. The summed E-state index contributed by atoms with van der Waals surface area (Å²) in [7, 11) is 0. The van der Waals surface area contributed by atoms with Gasteiger partial charge < -0.3 is 4.74 Å². The molecule has 32 heavy (non-hydrogen) atoms. The van der Waals surface area contributed by atoms with E-state index in [-0.39, 0.29) is 18.3 Å². The van der Waals surface area contributed by atoms with Crippen molar-refractivity contribution in [2.45, 2.75) is 11.5 Å². The van der Waals surface area contributed by atoms with E-state index >= 15 is 0 Å². The molecule has 0 heterocycles. The number of hydrogen-bond acceptors (Lipinski definition) is 5. The van der Waals surface area contributed by atoms with Gasteiger partial charge in [-0.25, -0.2) is 5.43 Å². The maximum Gasteiger partial charge on any atom is 0.250 e. The topological polar surface area (TPSA) is 74.5 Å². The molecule has 5 nitrogen and oxygen atoms in total. The number of ether oxygens (including phenoxy) is 1. The van der Waals surface area contributed by atoms with Gasteiger partial charge in [-0.3, -0.25) is 4.79 Å². The Morgan fingerprint density at radius 2 is 1.84 bits per heavy atom. The number of thioether (sulfide) groups is 1. The highest BCUT2D eigenvalue weighted by molar-refractivity contribution is 9.11. The second kappa shape index (κ2) is 12.1. The van der Waals surface area contributed by atoms with E-state index in [4.69, 9.17) is 16.3 Å². The molecule has 0 radical (unpaired) electrons. The van der Waals surface area contributed by atoms with Crippen LogP contribution in [0.15, 0.2) is 79.6 Å². The zero-order chi connectivity index (χ0) is 22.9. The maximum absolute atomic E-state index is 12.0. The van der Waals surface area contributed by atoms with Gasteiger partial charge in [0, 0.05) is 15.5 Å². The van der Waals surface area contributed by atoms with E-state index in [9.17, 15) is 10.1 Å². The molecular weight excluding hydrogens is 578 g/mol. The lowest BCUT2D eigenvalue weighted by molar-refractivity contribution is -0.118. The van der Waals surface area contributed by atoms with Crippen LogP contribution in [0.2, 0.25) is 5.02 Å². The first-order chi connectivity index (χ1) is 15.5. The van der Waals surface area contributed by atoms with E-state index in [1.54, 1.807) is 24.4 Å². The molecule has 3 rings (SSSR count). The summed E-state index contributed by atoms with van der Waals surface area (Å²) in [5.41, 5.74) is 4.66. The minimum Gasteiger partial charge on any atom is -0.486 e. The molecule has 0 aliphatic heterocycles. The number of benzene rings is 3. The highest BCUT2D eigenvalue weighted by Gasteiger charge is 2.10. The molecule has 0 atom stereocenters. The Morgan fingerprint density at radius 3 is 2.53 bits per heavy atom. The van der Waals surface area contributed by atoms with E-state index < -0.39 is 0 Å². The summed E-state index contributed by atoms with van der Waals surface area (Å²) in [6.07, 6.45) is 1.55. The molecule has 0 fully saturated rings. The fourth-order valence-electron chi connectivity index (χ4n) is 2.59. The average Bonchev–Trinajstić information content (AvgIpc) is 2.78. The van der Waals surface area contributed by atoms with Gasteiger partial charge in [0.15, 0.2) is 0 Å². The van der Waals surface area contributed by atoms with Crippen LogP contribution in [0, 0.1) is 11.3 Å². The lowest BCUT2D eigenvalue weighted by Crippen LogP contribution is -2.19. The Bertz CT molecular complexity index is 1160. The highest BCUT2D eigenvalue weighted by atomic mass is 79.9. The highest BCUT2D eigenvalue weighted by Crippen LogP contribution is 2.35. The summed E-state index contributed by atoms with van der Waals surface area (Å²) in [5.74, 6) is 0.636. The van der Waals surface area contributed by atoms with Crippen molar-refractivity contribution >= 4 is 67.3 Å². The molecule has 0 aliphatic carbocycles. The van der Waals surface area contributed by atoms with Crippen LogP contribution in [-0.2, 0) is 11.4 Å². The first kappa shape index (κ1) is 24.3. The van der Waals surface area contributed by atoms with Crippen molar-refractivity contribution in [1.29, 1.82) is 5.26 Å². The third-order valence-corrected chi connectivity index (χ3v) is 6.56. The first-order valence-corrected chi connectivity index (χ1v) is 12.2. The normalized spacial score (nSPS) is 10.7. The van der Waals surface area contributed by atoms with Crippen LogP contribution in [0.4, 0.5) is 0 Å². The SMILES string of the molecule is N#Cc1ccccc1COc1c(Br)cc(/C=N\NC(=O)CSc2ccc(Cl)cc2)cc1Br. The zero-order valence-corrected chi connectivity index (χ0v) is 21.3. The monoisotopic (exact) mass is 591 g/mol. The van der Waals surface area contributed by atoms with Crippen molar-refractivity contribution in [2.24, 2.45) is 5.10 Å². The van der Waals surface area contributed by atoms with E-state index in [1.807, 2.05) is 42.5 Å². The van der Waals surface area contributed by atoms with Gasteiger partial charge in [0.05, 0.1) is 32.5 Å². The van der Waals surface area contributed by atoms with Gasteiger partial charge in [-0.15, -0.1) is 11.8 Å². The number of nitriles is 1. The third kappa shape index (κ3) is 7.10. The van der Waals surface area contributed by atoms with Crippen LogP contribution in [0.1, 0.15) is 16.7 Å². The second-order valence-electron chi connectivity index (χ2n) is 6.41. The molecule has 0 saturated carbocycles. The van der Waals surface area contributed by atoms with Crippen LogP contribution < -0.4 is 10.2 Å². The molecule has 3 aromatic carbocycles. The molecular formula is C23H16Br2ClN3O2S.